The van der Waals surface area contributed by atoms with Gasteiger partial charge in [0.25, 0.3) is 5.91 Å². The van der Waals surface area contributed by atoms with Crippen LogP contribution in [-0.2, 0) is 6.18 Å². The molecule has 0 aliphatic rings. The number of ether oxygens (including phenoxy) is 2. The molecule has 0 aliphatic heterocycles. The SMILES string of the molecule is COc1cc(F)ccc1Oc1c(C(N)=O)cccc1C(F)(F)F. The van der Waals surface area contributed by atoms with Crippen LogP contribution in [0, 0.1) is 5.82 Å². The molecule has 0 radical (unpaired) electrons. The third-order valence-electron chi connectivity index (χ3n) is 2.92. The van der Waals surface area contributed by atoms with Crippen LogP contribution < -0.4 is 15.2 Å². The van der Waals surface area contributed by atoms with Gasteiger partial charge in [-0.3, -0.25) is 4.79 Å². The first-order chi connectivity index (χ1) is 10.7. The molecule has 2 aromatic carbocycles. The lowest BCUT2D eigenvalue weighted by Crippen LogP contribution is -2.16. The first-order valence-corrected chi connectivity index (χ1v) is 6.25. The molecule has 23 heavy (non-hydrogen) atoms. The number of methoxy groups -OCH3 is 1. The largest absolute Gasteiger partial charge is 0.493 e. The predicted octanol–water partition coefficient (Wildman–Crippen LogP) is 3.74. The molecule has 2 aromatic rings. The summed E-state index contributed by atoms with van der Waals surface area (Å²) >= 11 is 0. The van der Waals surface area contributed by atoms with E-state index in [1.807, 2.05) is 0 Å². The van der Waals surface area contributed by atoms with Gasteiger partial charge in [0.2, 0.25) is 0 Å². The summed E-state index contributed by atoms with van der Waals surface area (Å²) in [5.74, 6) is -2.83. The van der Waals surface area contributed by atoms with Crippen molar-refractivity contribution in [2.45, 2.75) is 6.18 Å². The van der Waals surface area contributed by atoms with E-state index in [1.54, 1.807) is 0 Å². The van der Waals surface area contributed by atoms with E-state index >= 15 is 0 Å². The van der Waals surface area contributed by atoms with Crippen LogP contribution in [0.25, 0.3) is 0 Å². The van der Waals surface area contributed by atoms with E-state index in [0.29, 0.717) is 0 Å². The first kappa shape index (κ1) is 16.6. The van der Waals surface area contributed by atoms with Crippen molar-refractivity contribution >= 4 is 5.91 Å². The van der Waals surface area contributed by atoms with Crippen LogP contribution in [0.15, 0.2) is 36.4 Å². The van der Waals surface area contributed by atoms with Crippen LogP contribution in [0.2, 0.25) is 0 Å². The van der Waals surface area contributed by atoms with Crippen molar-refractivity contribution in [1.29, 1.82) is 0 Å². The Labute approximate surface area is 128 Å². The van der Waals surface area contributed by atoms with Gasteiger partial charge >= 0.3 is 6.18 Å². The number of hydrogen-bond acceptors (Lipinski definition) is 3. The lowest BCUT2D eigenvalue weighted by molar-refractivity contribution is -0.138. The highest BCUT2D eigenvalue weighted by Gasteiger charge is 2.36. The number of rotatable bonds is 4. The van der Waals surface area contributed by atoms with Gasteiger partial charge in [-0.1, -0.05) is 6.07 Å². The number of nitrogens with two attached hydrogens (primary N) is 1. The Morgan fingerprint density at radius 1 is 1.13 bits per heavy atom. The molecule has 0 fully saturated rings. The fourth-order valence-electron chi connectivity index (χ4n) is 1.90. The molecule has 0 saturated carbocycles. The molecule has 2 N–H and O–H groups in total. The van der Waals surface area contributed by atoms with Gasteiger partial charge in [-0.05, 0) is 24.3 Å². The van der Waals surface area contributed by atoms with Crippen LogP contribution in [0.1, 0.15) is 15.9 Å². The fraction of sp³-hybridized carbons (Fsp3) is 0.133. The molecule has 122 valence electrons. The maximum absolute atomic E-state index is 13.2. The number of benzene rings is 2. The highest BCUT2D eigenvalue weighted by atomic mass is 19.4. The molecule has 2 rings (SSSR count). The van der Waals surface area contributed by atoms with Crippen molar-refractivity contribution in [3.63, 3.8) is 0 Å². The summed E-state index contributed by atoms with van der Waals surface area (Å²) in [6.07, 6.45) is -4.77. The summed E-state index contributed by atoms with van der Waals surface area (Å²) in [6.45, 7) is 0. The van der Waals surface area contributed by atoms with Crippen LogP contribution in [0.5, 0.6) is 17.2 Å². The zero-order chi connectivity index (χ0) is 17.2. The topological polar surface area (TPSA) is 61.6 Å². The summed E-state index contributed by atoms with van der Waals surface area (Å²) in [6, 6.07) is 5.90. The van der Waals surface area contributed by atoms with Gasteiger partial charge in [0.15, 0.2) is 17.2 Å². The number of primary amides is 1. The molecule has 0 heterocycles. The number of halogens is 4. The Hall–Kier alpha value is -2.77. The average Bonchev–Trinajstić information content (AvgIpc) is 2.47. The van der Waals surface area contributed by atoms with Gasteiger partial charge in [0.1, 0.15) is 5.82 Å². The van der Waals surface area contributed by atoms with Crippen LogP contribution >= 0.6 is 0 Å². The van der Waals surface area contributed by atoms with Gasteiger partial charge < -0.3 is 15.2 Å². The van der Waals surface area contributed by atoms with Crippen LogP contribution in [0.3, 0.4) is 0 Å². The number of amides is 1. The molecule has 4 nitrogen and oxygen atoms in total. The van der Waals surface area contributed by atoms with Crippen molar-refractivity contribution in [3.05, 3.63) is 53.3 Å². The highest BCUT2D eigenvalue weighted by molar-refractivity contribution is 5.96. The molecule has 0 saturated heterocycles. The zero-order valence-electron chi connectivity index (χ0n) is 11.8. The summed E-state index contributed by atoms with van der Waals surface area (Å²) < 4.78 is 62.6. The van der Waals surface area contributed by atoms with E-state index < -0.39 is 34.8 Å². The van der Waals surface area contributed by atoms with Crippen molar-refractivity contribution in [1.82, 2.24) is 0 Å². The second-order valence-electron chi connectivity index (χ2n) is 4.44. The van der Waals surface area contributed by atoms with Crippen molar-refractivity contribution in [3.8, 4) is 17.2 Å². The summed E-state index contributed by atoms with van der Waals surface area (Å²) in [5, 5.41) is 0. The summed E-state index contributed by atoms with van der Waals surface area (Å²) in [4.78, 5) is 11.4. The smallest absolute Gasteiger partial charge is 0.420 e. The fourth-order valence-corrected chi connectivity index (χ4v) is 1.90. The molecule has 0 aromatic heterocycles. The summed E-state index contributed by atoms with van der Waals surface area (Å²) in [7, 11) is 1.20. The third kappa shape index (κ3) is 3.53. The van der Waals surface area contributed by atoms with Gasteiger partial charge in [0.05, 0.1) is 18.2 Å². The molecule has 0 unspecified atom stereocenters. The minimum absolute atomic E-state index is 0.127. The Balaban J connectivity index is 2.61. The Morgan fingerprint density at radius 2 is 1.83 bits per heavy atom. The standard InChI is InChI=1S/C15H11F4NO3/c1-22-12-7-8(16)5-6-11(12)23-13-9(14(20)21)3-2-4-10(13)15(17,18)19/h2-7H,1H3,(H2,20,21). The number of carbonyl (C=O) groups is 1. The van der Waals surface area contributed by atoms with Gasteiger partial charge in [-0.15, -0.1) is 0 Å². The molecule has 0 bridgehead atoms. The van der Waals surface area contributed by atoms with Gasteiger partial charge in [-0.25, -0.2) is 4.39 Å². The number of hydrogen-bond donors (Lipinski definition) is 1. The Kier molecular flexibility index (Phi) is 4.44. The van der Waals surface area contributed by atoms with Crippen LogP contribution in [0.4, 0.5) is 17.6 Å². The molecule has 8 heteroatoms. The lowest BCUT2D eigenvalue weighted by Gasteiger charge is -2.17. The van der Waals surface area contributed by atoms with E-state index in [9.17, 15) is 22.4 Å². The number of carbonyl (C=O) groups excluding carboxylic acids is 1. The molecule has 1 amide bonds. The van der Waals surface area contributed by atoms with Crippen molar-refractivity contribution < 1.29 is 31.8 Å². The molecule has 0 spiro atoms. The Bertz CT molecular complexity index is 744. The quantitative estimate of drug-likeness (QED) is 0.869. The van der Waals surface area contributed by atoms with E-state index in [2.05, 4.69) is 0 Å². The van der Waals surface area contributed by atoms with E-state index in [-0.39, 0.29) is 11.5 Å². The van der Waals surface area contributed by atoms with E-state index in [4.69, 9.17) is 15.2 Å². The molecule has 0 atom stereocenters. The van der Waals surface area contributed by atoms with Gasteiger partial charge in [0, 0.05) is 6.07 Å². The minimum Gasteiger partial charge on any atom is -0.493 e. The second-order valence-corrected chi connectivity index (χ2v) is 4.44. The lowest BCUT2D eigenvalue weighted by atomic mass is 10.1. The summed E-state index contributed by atoms with van der Waals surface area (Å²) in [5.41, 5.74) is 3.46. The third-order valence-corrected chi connectivity index (χ3v) is 2.92. The molecule has 0 aliphatic carbocycles. The maximum atomic E-state index is 13.2. The first-order valence-electron chi connectivity index (χ1n) is 6.25. The zero-order valence-corrected chi connectivity index (χ0v) is 11.8. The molecular weight excluding hydrogens is 318 g/mol. The van der Waals surface area contributed by atoms with Gasteiger partial charge in [-0.2, -0.15) is 13.2 Å². The van der Waals surface area contributed by atoms with Crippen molar-refractivity contribution in [2.75, 3.05) is 7.11 Å². The highest BCUT2D eigenvalue weighted by Crippen LogP contribution is 2.42. The predicted molar refractivity (Wildman–Crippen MR) is 73.0 cm³/mol. The second kappa shape index (κ2) is 6.15. The maximum Gasteiger partial charge on any atom is 0.420 e. The monoisotopic (exact) mass is 329 g/mol. The average molecular weight is 329 g/mol. The number of alkyl halides is 3. The van der Waals surface area contributed by atoms with Crippen LogP contribution in [-0.4, -0.2) is 13.0 Å². The van der Waals surface area contributed by atoms with E-state index in [1.165, 1.54) is 7.11 Å². The van der Waals surface area contributed by atoms with Crippen molar-refractivity contribution in [2.24, 2.45) is 5.73 Å². The normalized spacial score (nSPS) is 11.2. The molecular formula is C15H11F4NO3. The Morgan fingerprint density at radius 3 is 2.39 bits per heavy atom. The van der Waals surface area contributed by atoms with E-state index in [0.717, 1.165) is 36.4 Å². The number of para-hydroxylation sites is 1. The minimum atomic E-state index is -4.77.